The number of aliphatic hydroxyl groups excluding tert-OH is 1. The minimum atomic E-state index is -0.112. The van der Waals surface area contributed by atoms with Crippen molar-refractivity contribution >= 4 is 12.3 Å². The molecule has 5 nitrogen and oxygen atoms in total. The van der Waals surface area contributed by atoms with Crippen molar-refractivity contribution < 1.29 is 23.9 Å². The van der Waals surface area contributed by atoms with Gasteiger partial charge in [-0.1, -0.05) is 50.3 Å². The Labute approximate surface area is 198 Å². The van der Waals surface area contributed by atoms with E-state index < -0.39 is 0 Å². The van der Waals surface area contributed by atoms with Crippen LogP contribution in [0.4, 0.5) is 0 Å². The average molecular weight is 469 g/mol. The maximum Gasteiger partial charge on any atom is 0.197 e. The second-order valence-corrected chi connectivity index (χ2v) is 12.4. The minimum absolute atomic E-state index is 0.0719. The van der Waals surface area contributed by atoms with E-state index in [9.17, 15) is 5.11 Å². The van der Waals surface area contributed by atoms with Crippen LogP contribution in [0.3, 0.4) is 0 Å². The second-order valence-electron chi connectivity index (χ2n) is 11.9. The number of hydrogen-bond donors (Lipinski definition) is 2. The van der Waals surface area contributed by atoms with Gasteiger partial charge in [0.1, 0.15) is 0 Å². The maximum absolute atomic E-state index is 10.2. The van der Waals surface area contributed by atoms with E-state index in [4.69, 9.17) is 9.44 Å². The zero-order chi connectivity index (χ0) is 22.9. The molecule has 0 aromatic rings. The van der Waals surface area contributed by atoms with Gasteiger partial charge in [-0.25, -0.2) is 5.26 Å². The lowest BCUT2D eigenvalue weighted by Crippen LogP contribution is -2.50. The van der Waals surface area contributed by atoms with Crippen molar-refractivity contribution in [1.29, 1.82) is 0 Å². The fourth-order valence-electron chi connectivity index (χ4n) is 8.69. The molecule has 6 heteroatoms. The van der Waals surface area contributed by atoms with Crippen LogP contribution in [0.25, 0.3) is 0 Å². The lowest BCUT2D eigenvalue weighted by atomic mass is 9.47. The van der Waals surface area contributed by atoms with E-state index in [2.05, 4.69) is 36.2 Å². The normalized spacial score (nSPS) is 43.1. The van der Waals surface area contributed by atoms with Crippen LogP contribution in [0, 0.1) is 40.4 Å². The van der Waals surface area contributed by atoms with Crippen LogP contribution >= 0.6 is 12.3 Å². The molecular weight excluding hydrogens is 424 g/mol. The van der Waals surface area contributed by atoms with Gasteiger partial charge in [0.25, 0.3) is 0 Å². The summed E-state index contributed by atoms with van der Waals surface area (Å²) in [6.07, 6.45) is 15.8. The first-order chi connectivity index (χ1) is 15.3. The third-order valence-electron chi connectivity index (χ3n) is 10.4. The third-order valence-corrected chi connectivity index (χ3v) is 10.9. The van der Waals surface area contributed by atoms with Crippen molar-refractivity contribution in [3.05, 3.63) is 11.6 Å². The Morgan fingerprint density at radius 1 is 1.09 bits per heavy atom. The Hall–Kier alpha value is -0.110. The molecule has 0 saturated heterocycles. The van der Waals surface area contributed by atoms with E-state index in [1.165, 1.54) is 44.9 Å². The SMILES string of the molecule is CC(CCCC(C)C1CCC2C3CC=C4CC(O)CCC4(C)C3CCC12C)OSOOO. The molecule has 2 N–H and O–H groups in total. The summed E-state index contributed by atoms with van der Waals surface area (Å²) in [5.74, 6) is 4.10. The van der Waals surface area contributed by atoms with Crippen LogP contribution in [0.5, 0.6) is 0 Å². The number of aliphatic hydroxyl groups is 1. The highest BCUT2D eigenvalue weighted by Crippen LogP contribution is 2.67. The predicted molar refractivity (Wildman–Crippen MR) is 127 cm³/mol. The Morgan fingerprint density at radius 2 is 1.91 bits per heavy atom. The van der Waals surface area contributed by atoms with E-state index >= 15 is 0 Å². The molecule has 184 valence electrons. The van der Waals surface area contributed by atoms with E-state index in [-0.39, 0.29) is 12.2 Å². The smallest absolute Gasteiger partial charge is 0.197 e. The lowest BCUT2D eigenvalue weighted by molar-refractivity contribution is -0.434. The molecule has 4 aliphatic rings. The highest BCUT2D eigenvalue weighted by molar-refractivity contribution is 7.89. The van der Waals surface area contributed by atoms with Gasteiger partial charge in [-0.05, 0) is 105 Å². The fraction of sp³-hybridized carbons (Fsp3) is 0.923. The number of fused-ring (bicyclic) bond motifs is 5. The van der Waals surface area contributed by atoms with Gasteiger partial charge in [0.2, 0.25) is 0 Å². The van der Waals surface area contributed by atoms with Gasteiger partial charge in [-0.3, -0.25) is 4.18 Å². The summed E-state index contributed by atoms with van der Waals surface area (Å²) in [5, 5.41) is 22.0. The molecule has 9 unspecified atom stereocenters. The first kappa shape index (κ1) is 25.0. The van der Waals surface area contributed by atoms with E-state index in [0.717, 1.165) is 55.3 Å². The van der Waals surface area contributed by atoms with Crippen molar-refractivity contribution in [2.24, 2.45) is 40.4 Å². The molecule has 32 heavy (non-hydrogen) atoms. The molecule has 0 amide bonds. The summed E-state index contributed by atoms with van der Waals surface area (Å²) in [6.45, 7) is 9.67. The standard InChI is InChI=1S/C26H44O5S/c1-17(6-5-7-18(2)29-32-31-30-28)22-10-11-23-21-9-8-19-16-20(27)12-14-25(19,3)24(21)13-15-26(22,23)4/h8,17-18,20-24,27-28H,5-7,9-16H2,1-4H3. The van der Waals surface area contributed by atoms with Crippen LogP contribution in [-0.2, 0) is 13.6 Å². The highest BCUT2D eigenvalue weighted by Gasteiger charge is 2.59. The molecule has 0 aromatic heterocycles. The monoisotopic (exact) mass is 468 g/mol. The molecule has 4 aliphatic carbocycles. The Bertz CT molecular complexity index is 671. The molecule has 0 spiro atoms. The van der Waals surface area contributed by atoms with Crippen LogP contribution in [0.1, 0.15) is 98.3 Å². The van der Waals surface area contributed by atoms with Gasteiger partial charge < -0.3 is 5.11 Å². The maximum atomic E-state index is 10.2. The van der Waals surface area contributed by atoms with E-state index in [1.54, 1.807) is 5.57 Å². The summed E-state index contributed by atoms with van der Waals surface area (Å²) in [4.78, 5) is 0. The van der Waals surface area contributed by atoms with Gasteiger partial charge in [0.05, 0.1) is 12.2 Å². The summed E-state index contributed by atoms with van der Waals surface area (Å²) in [5.41, 5.74) is 2.40. The first-order valence-corrected chi connectivity index (χ1v) is 13.6. The molecule has 9 atom stereocenters. The molecule has 0 bridgehead atoms. The summed E-state index contributed by atoms with van der Waals surface area (Å²) in [7, 11) is 0. The third kappa shape index (κ3) is 4.70. The van der Waals surface area contributed by atoms with Crippen LogP contribution in [-0.4, -0.2) is 22.6 Å². The molecular formula is C26H44O5S. The van der Waals surface area contributed by atoms with Crippen molar-refractivity contribution in [3.63, 3.8) is 0 Å². The van der Waals surface area contributed by atoms with Crippen molar-refractivity contribution in [3.8, 4) is 0 Å². The Balaban J connectivity index is 1.35. The van der Waals surface area contributed by atoms with E-state index in [0.29, 0.717) is 23.2 Å². The molecule has 0 aromatic carbocycles. The molecule has 0 heterocycles. The minimum Gasteiger partial charge on any atom is -0.393 e. The zero-order valence-electron chi connectivity index (χ0n) is 20.4. The number of hydrogen-bond acceptors (Lipinski definition) is 6. The van der Waals surface area contributed by atoms with Gasteiger partial charge in [0, 0.05) is 0 Å². The predicted octanol–water partition coefficient (Wildman–Crippen LogP) is 7.12. The van der Waals surface area contributed by atoms with Gasteiger partial charge in [-0.15, -0.1) is 4.33 Å². The van der Waals surface area contributed by atoms with Crippen LogP contribution in [0.15, 0.2) is 11.6 Å². The summed E-state index contributed by atoms with van der Waals surface area (Å²) >= 11 is 0.687. The molecule has 0 radical (unpaired) electrons. The van der Waals surface area contributed by atoms with Gasteiger partial charge >= 0.3 is 0 Å². The summed E-state index contributed by atoms with van der Waals surface area (Å²) < 4.78 is 9.71. The molecule has 4 rings (SSSR count). The highest BCUT2D eigenvalue weighted by atomic mass is 32.2. The quantitative estimate of drug-likeness (QED) is 0.123. The van der Waals surface area contributed by atoms with Crippen molar-refractivity contribution in [2.45, 2.75) is 111 Å². The Kier molecular flexibility index (Phi) is 8.01. The van der Waals surface area contributed by atoms with Crippen LogP contribution in [0.2, 0.25) is 0 Å². The van der Waals surface area contributed by atoms with E-state index in [1.807, 2.05) is 6.92 Å². The number of allylic oxidation sites excluding steroid dienone is 1. The van der Waals surface area contributed by atoms with Crippen LogP contribution < -0.4 is 0 Å². The van der Waals surface area contributed by atoms with Crippen molar-refractivity contribution in [1.82, 2.24) is 0 Å². The average Bonchev–Trinajstić information content (AvgIpc) is 3.11. The molecule has 3 fully saturated rings. The molecule has 0 aliphatic heterocycles. The van der Waals surface area contributed by atoms with Gasteiger partial charge in [0.15, 0.2) is 12.3 Å². The number of rotatable bonds is 9. The lowest BCUT2D eigenvalue weighted by Gasteiger charge is -2.58. The molecule has 3 saturated carbocycles. The first-order valence-electron chi connectivity index (χ1n) is 13.0. The Morgan fingerprint density at radius 3 is 2.69 bits per heavy atom. The second kappa shape index (κ2) is 10.2. The largest absolute Gasteiger partial charge is 0.393 e. The summed E-state index contributed by atoms with van der Waals surface area (Å²) in [6, 6.07) is 0. The zero-order valence-corrected chi connectivity index (χ0v) is 21.2. The van der Waals surface area contributed by atoms with Gasteiger partial charge in [-0.2, -0.15) is 0 Å². The topological polar surface area (TPSA) is 68.2 Å². The van der Waals surface area contributed by atoms with Crippen molar-refractivity contribution in [2.75, 3.05) is 0 Å². The fourth-order valence-corrected chi connectivity index (χ4v) is 8.98.